The van der Waals surface area contributed by atoms with Crippen molar-refractivity contribution in [2.24, 2.45) is 0 Å². The highest BCUT2D eigenvalue weighted by molar-refractivity contribution is 5.51. The summed E-state index contributed by atoms with van der Waals surface area (Å²) in [4.78, 5) is 6.76. The lowest BCUT2D eigenvalue weighted by atomic mass is 10.1. The van der Waals surface area contributed by atoms with E-state index in [1.807, 2.05) is 12.4 Å². The van der Waals surface area contributed by atoms with Gasteiger partial charge in [0.2, 0.25) is 0 Å². The van der Waals surface area contributed by atoms with Gasteiger partial charge in [0.15, 0.2) is 0 Å². The first kappa shape index (κ1) is 12.4. The summed E-state index contributed by atoms with van der Waals surface area (Å²) in [6.45, 7) is 6.62. The summed E-state index contributed by atoms with van der Waals surface area (Å²) in [6.07, 6.45) is 9.11. The van der Waals surface area contributed by atoms with Crippen LogP contribution in [0.2, 0.25) is 0 Å². The largest absolute Gasteiger partial charge is 0.370 e. The van der Waals surface area contributed by atoms with E-state index in [1.54, 1.807) is 0 Å². The molecule has 0 bridgehead atoms. The Labute approximate surface area is 104 Å². The Bertz CT molecular complexity index is 332. The van der Waals surface area contributed by atoms with Gasteiger partial charge in [-0.25, -0.2) is 0 Å². The van der Waals surface area contributed by atoms with Crippen LogP contribution in [0.25, 0.3) is 0 Å². The Morgan fingerprint density at radius 2 is 2.12 bits per heavy atom. The second kappa shape index (κ2) is 6.60. The lowest BCUT2D eigenvalue weighted by Gasteiger charge is -2.30. The average molecular weight is 233 g/mol. The molecule has 0 saturated carbocycles. The van der Waals surface area contributed by atoms with Crippen molar-refractivity contribution in [3.05, 3.63) is 24.0 Å². The molecule has 0 aromatic carbocycles. The molecule has 1 aliphatic rings. The fourth-order valence-corrected chi connectivity index (χ4v) is 2.38. The lowest BCUT2D eigenvalue weighted by Crippen LogP contribution is -2.31. The van der Waals surface area contributed by atoms with Crippen molar-refractivity contribution in [3.63, 3.8) is 0 Å². The Morgan fingerprint density at radius 3 is 2.88 bits per heavy atom. The van der Waals surface area contributed by atoms with Gasteiger partial charge in [0.1, 0.15) is 0 Å². The van der Waals surface area contributed by atoms with Gasteiger partial charge in [-0.05, 0) is 43.9 Å². The van der Waals surface area contributed by atoms with E-state index in [4.69, 9.17) is 0 Å². The number of anilines is 1. The molecular weight excluding hydrogens is 210 g/mol. The Balaban J connectivity index is 2.03. The van der Waals surface area contributed by atoms with Crippen molar-refractivity contribution in [3.8, 4) is 0 Å². The van der Waals surface area contributed by atoms with Gasteiger partial charge < -0.3 is 10.2 Å². The second-order valence-corrected chi connectivity index (χ2v) is 4.73. The molecule has 0 atom stereocenters. The van der Waals surface area contributed by atoms with Gasteiger partial charge in [0.25, 0.3) is 0 Å². The molecule has 1 fully saturated rings. The Morgan fingerprint density at radius 1 is 1.29 bits per heavy atom. The Hall–Kier alpha value is -1.09. The number of hydrogen-bond acceptors (Lipinski definition) is 3. The molecule has 1 aliphatic heterocycles. The van der Waals surface area contributed by atoms with Crippen LogP contribution in [0.4, 0.5) is 5.69 Å². The van der Waals surface area contributed by atoms with E-state index in [0.717, 1.165) is 13.1 Å². The highest BCUT2D eigenvalue weighted by atomic mass is 15.1. The van der Waals surface area contributed by atoms with Crippen molar-refractivity contribution in [1.82, 2.24) is 10.3 Å². The minimum Gasteiger partial charge on any atom is -0.370 e. The molecule has 3 nitrogen and oxygen atoms in total. The molecule has 1 aromatic rings. The van der Waals surface area contributed by atoms with E-state index in [2.05, 4.69) is 28.2 Å². The molecule has 0 radical (unpaired) electrons. The summed E-state index contributed by atoms with van der Waals surface area (Å²) in [7, 11) is 0. The number of hydrogen-bond donors (Lipinski definition) is 1. The average Bonchev–Trinajstić information content (AvgIpc) is 2.41. The highest BCUT2D eigenvalue weighted by Gasteiger charge is 2.13. The maximum atomic E-state index is 4.28. The fourth-order valence-electron chi connectivity index (χ4n) is 2.38. The zero-order valence-corrected chi connectivity index (χ0v) is 10.8. The molecule has 0 amide bonds. The predicted octanol–water partition coefficient (Wildman–Crippen LogP) is 2.57. The highest BCUT2D eigenvalue weighted by Crippen LogP contribution is 2.22. The van der Waals surface area contributed by atoms with Crippen LogP contribution in [-0.4, -0.2) is 24.6 Å². The first-order valence-electron chi connectivity index (χ1n) is 6.80. The smallest absolute Gasteiger partial charge is 0.0598 e. The SMILES string of the molecule is CCCNCc1ccncc1N1CCCCC1. The quantitative estimate of drug-likeness (QED) is 0.792. The number of nitrogens with zero attached hydrogens (tertiary/aromatic N) is 2. The van der Waals surface area contributed by atoms with Crippen molar-refractivity contribution >= 4 is 5.69 Å². The van der Waals surface area contributed by atoms with E-state index in [0.29, 0.717) is 0 Å². The summed E-state index contributed by atoms with van der Waals surface area (Å²) in [6, 6.07) is 2.15. The summed E-state index contributed by atoms with van der Waals surface area (Å²) in [5, 5.41) is 3.48. The van der Waals surface area contributed by atoms with Crippen molar-refractivity contribution in [2.45, 2.75) is 39.2 Å². The van der Waals surface area contributed by atoms with Crippen LogP contribution in [0, 0.1) is 0 Å². The molecule has 3 heteroatoms. The predicted molar refractivity (Wildman–Crippen MR) is 72.3 cm³/mol. The summed E-state index contributed by atoms with van der Waals surface area (Å²) in [5.41, 5.74) is 2.71. The number of nitrogens with one attached hydrogen (secondary N) is 1. The van der Waals surface area contributed by atoms with E-state index in [1.165, 1.54) is 50.0 Å². The van der Waals surface area contributed by atoms with Gasteiger partial charge in [-0.15, -0.1) is 0 Å². The zero-order chi connectivity index (χ0) is 11.9. The topological polar surface area (TPSA) is 28.2 Å². The molecule has 1 aromatic heterocycles. The fraction of sp³-hybridized carbons (Fsp3) is 0.643. The number of pyridine rings is 1. The van der Waals surface area contributed by atoms with Crippen molar-refractivity contribution < 1.29 is 0 Å². The van der Waals surface area contributed by atoms with Crippen LogP contribution in [0.15, 0.2) is 18.5 Å². The van der Waals surface area contributed by atoms with Gasteiger partial charge in [-0.2, -0.15) is 0 Å². The van der Waals surface area contributed by atoms with Crippen LogP contribution in [-0.2, 0) is 6.54 Å². The molecule has 0 aliphatic carbocycles. The van der Waals surface area contributed by atoms with Gasteiger partial charge in [-0.1, -0.05) is 6.92 Å². The Kier molecular flexibility index (Phi) is 4.80. The monoisotopic (exact) mass is 233 g/mol. The summed E-state index contributed by atoms with van der Waals surface area (Å²) < 4.78 is 0. The van der Waals surface area contributed by atoms with E-state index in [9.17, 15) is 0 Å². The maximum Gasteiger partial charge on any atom is 0.0598 e. The maximum absolute atomic E-state index is 4.28. The number of aromatic nitrogens is 1. The van der Waals surface area contributed by atoms with E-state index in [-0.39, 0.29) is 0 Å². The van der Waals surface area contributed by atoms with Crippen LogP contribution >= 0.6 is 0 Å². The van der Waals surface area contributed by atoms with Gasteiger partial charge in [-0.3, -0.25) is 4.98 Å². The number of piperidine rings is 1. The molecule has 17 heavy (non-hydrogen) atoms. The normalized spacial score (nSPS) is 16.2. The number of rotatable bonds is 5. The van der Waals surface area contributed by atoms with Crippen LogP contribution in [0.5, 0.6) is 0 Å². The van der Waals surface area contributed by atoms with E-state index >= 15 is 0 Å². The minimum absolute atomic E-state index is 0.961. The van der Waals surface area contributed by atoms with Crippen molar-refractivity contribution in [1.29, 1.82) is 0 Å². The zero-order valence-electron chi connectivity index (χ0n) is 10.8. The third-order valence-corrected chi connectivity index (χ3v) is 3.33. The van der Waals surface area contributed by atoms with Gasteiger partial charge in [0.05, 0.1) is 11.9 Å². The first-order chi connectivity index (χ1) is 8.42. The minimum atomic E-state index is 0.961. The van der Waals surface area contributed by atoms with Crippen LogP contribution in [0.3, 0.4) is 0 Å². The van der Waals surface area contributed by atoms with Gasteiger partial charge in [0, 0.05) is 25.8 Å². The second-order valence-electron chi connectivity index (χ2n) is 4.73. The van der Waals surface area contributed by atoms with Crippen molar-refractivity contribution in [2.75, 3.05) is 24.5 Å². The summed E-state index contributed by atoms with van der Waals surface area (Å²) >= 11 is 0. The van der Waals surface area contributed by atoms with Crippen LogP contribution in [0.1, 0.15) is 38.2 Å². The standard InChI is InChI=1S/C14H23N3/c1-2-7-15-11-13-6-8-16-12-14(13)17-9-4-3-5-10-17/h6,8,12,15H,2-5,7,9-11H2,1H3. The lowest BCUT2D eigenvalue weighted by molar-refractivity contribution is 0.573. The van der Waals surface area contributed by atoms with Gasteiger partial charge >= 0.3 is 0 Å². The van der Waals surface area contributed by atoms with Crippen LogP contribution < -0.4 is 10.2 Å². The molecule has 2 rings (SSSR count). The molecule has 0 unspecified atom stereocenters. The molecule has 1 N–H and O–H groups in total. The molecule has 2 heterocycles. The molecule has 0 spiro atoms. The third-order valence-electron chi connectivity index (χ3n) is 3.33. The van der Waals surface area contributed by atoms with E-state index < -0.39 is 0 Å². The molecular formula is C14H23N3. The molecule has 1 saturated heterocycles. The third kappa shape index (κ3) is 3.43. The molecule has 94 valence electrons. The first-order valence-corrected chi connectivity index (χ1v) is 6.80. The summed E-state index contributed by atoms with van der Waals surface area (Å²) in [5.74, 6) is 0.